The predicted molar refractivity (Wildman–Crippen MR) is 554 cm³/mol. The topological polar surface area (TPSA) is 92.1 Å². The van der Waals surface area contributed by atoms with E-state index in [1.54, 1.807) is 0 Å². The summed E-state index contributed by atoms with van der Waals surface area (Å²) < 4.78 is 6.96. The van der Waals surface area contributed by atoms with E-state index in [0.29, 0.717) is 11.9 Å². The molecule has 0 unspecified atom stereocenters. The number of hydrogen-bond acceptors (Lipinski definition) is 6. The molecule has 3 aliphatic carbocycles. The van der Waals surface area contributed by atoms with Gasteiger partial charge in [0.25, 0.3) is 0 Å². The highest BCUT2D eigenvalue weighted by Gasteiger charge is 2.33. The van der Waals surface area contributed by atoms with Gasteiger partial charge in [-0.05, 0) is 175 Å². The molecular weight excluding hydrogens is 1620 g/mol. The molecule has 22 aromatic carbocycles. The Morgan fingerprint density at radius 3 is 0.970 bits per heavy atom. The monoisotopic (exact) mass is 1690 g/mol. The molecule has 31 rings (SSSR count). The fourth-order valence-corrected chi connectivity index (χ4v) is 22.8. The van der Waals surface area contributed by atoms with E-state index in [4.69, 9.17) is 29.9 Å². The van der Waals surface area contributed by atoms with Crippen molar-refractivity contribution in [3.63, 3.8) is 0 Å². The van der Waals surface area contributed by atoms with Crippen LogP contribution in [-0.2, 0) is 0 Å². The molecule has 612 valence electrons. The minimum Gasteiger partial charge on any atom is -0.292 e. The average Bonchev–Trinajstić information content (AvgIpc) is 1.53. The first kappa shape index (κ1) is 73.2. The van der Waals surface area contributed by atoms with Crippen LogP contribution in [0.3, 0.4) is 0 Å². The predicted octanol–water partition coefficient (Wildman–Crippen LogP) is 32.2. The summed E-state index contributed by atoms with van der Waals surface area (Å²) in [6.07, 6.45) is 0. The average molecular weight is 1690 g/mol. The van der Waals surface area contributed by atoms with E-state index in [2.05, 4.69) is 444 Å². The van der Waals surface area contributed by atoms with Crippen molar-refractivity contribution in [3.8, 4) is 118 Å². The lowest BCUT2D eigenvalue weighted by atomic mass is 9.91. The van der Waals surface area contributed by atoms with Crippen LogP contribution in [0.5, 0.6) is 0 Å². The third kappa shape index (κ3) is 10.6. The third-order valence-corrected chi connectivity index (χ3v) is 28.3. The SMILES string of the molecule is c1ccc(-c2nc(-n3c4cccc5c4c4c6c(cccc6c6ccccc6c43)-c3ccccc3-5)nc3ccc4ccccc4c23)cc1.c1ccc(-c2nc(-n3c4cccc5c4c4c6c(cccc6ccc43)-c3ccccc3-5)nc3ccc4ccccc4c23)cc1.c1ccc(-c2nc3c(ccc4ccccc43)nc2-n2c3cccc4c3c3c5c(cccc5ccc32)-c2ccccc2-4)cc1. The fraction of sp³-hybridized carbons (Fsp3) is 0. The lowest BCUT2D eigenvalue weighted by Gasteiger charge is -2.16. The molecular formula is C124H71N9. The third-order valence-electron chi connectivity index (χ3n) is 28.3. The van der Waals surface area contributed by atoms with E-state index >= 15 is 0 Å². The van der Waals surface area contributed by atoms with E-state index < -0.39 is 0 Å². The maximum atomic E-state index is 5.52. The van der Waals surface area contributed by atoms with E-state index in [-0.39, 0.29) is 0 Å². The van der Waals surface area contributed by atoms with Crippen LogP contribution >= 0.6 is 0 Å². The summed E-state index contributed by atoms with van der Waals surface area (Å²) in [5, 5.41) is 26.7. The Morgan fingerprint density at radius 2 is 0.474 bits per heavy atom. The number of benzene rings is 22. The molecule has 3 aliphatic rings. The standard InChI is InChI=1S/C44H25N3.2C40H23N3/c1-2-13-27(14-3-1)42-39-28-15-5-4-12-26(28)24-25-36(39)45-44(46-42)47-37-23-11-22-34-30-17-7-6-16-29(30)32-20-10-21-33-31-18-8-9-19-35(31)43(47)41(38(32)33)40(34)37;1-2-11-26(12-3-1)38-40(41-32-22-20-24-10-4-5-14-27(24)39(32)42-38)43-33-19-9-18-31-29-16-7-6-15-28(29)30-17-8-13-25-21-23-34(43)37(35(25)30)36(31)33;1-2-11-26(12-3-1)39-36-27-14-5-4-10-24(27)20-22-32(36)41-40(42-39)43-33-19-9-18-31-29-16-7-6-15-28(29)30-17-8-13-25-21-23-34(43)38(35(25)30)37(31)33/h1-25H;2*1-23H. The smallest absolute Gasteiger partial charge is 0.235 e. The molecule has 9 nitrogen and oxygen atoms in total. The number of aromatic nitrogens is 9. The zero-order valence-corrected chi connectivity index (χ0v) is 71.5. The van der Waals surface area contributed by atoms with E-state index in [1.165, 1.54) is 153 Å². The molecule has 0 bridgehead atoms. The van der Waals surface area contributed by atoms with Gasteiger partial charge >= 0.3 is 0 Å². The van der Waals surface area contributed by atoms with E-state index in [0.717, 1.165) is 127 Å². The van der Waals surface area contributed by atoms with Crippen molar-refractivity contribution in [2.75, 3.05) is 0 Å². The van der Waals surface area contributed by atoms with Gasteiger partial charge in [0.05, 0.1) is 66.6 Å². The summed E-state index contributed by atoms with van der Waals surface area (Å²) in [5.41, 5.74) is 31.5. The first-order valence-corrected chi connectivity index (χ1v) is 45.5. The molecule has 6 aromatic heterocycles. The van der Waals surface area contributed by atoms with Gasteiger partial charge in [-0.2, -0.15) is 0 Å². The number of rotatable bonds is 6. The van der Waals surface area contributed by atoms with Gasteiger partial charge in [-0.15, -0.1) is 0 Å². The van der Waals surface area contributed by atoms with Crippen LogP contribution in [0.1, 0.15) is 0 Å². The normalized spacial score (nSPS) is 12.2. The van der Waals surface area contributed by atoms with Gasteiger partial charge in [-0.3, -0.25) is 13.7 Å². The van der Waals surface area contributed by atoms with Crippen molar-refractivity contribution >= 4 is 174 Å². The Kier molecular flexibility index (Phi) is 15.6. The van der Waals surface area contributed by atoms with Crippen molar-refractivity contribution in [1.82, 2.24) is 43.6 Å². The lowest BCUT2D eigenvalue weighted by Crippen LogP contribution is -2.04. The Labute approximate surface area is 761 Å². The van der Waals surface area contributed by atoms with Gasteiger partial charge in [-0.25, -0.2) is 29.9 Å². The quantitative estimate of drug-likeness (QED) is 0.154. The Balaban J connectivity index is 0.0000000976. The first-order chi connectivity index (χ1) is 66.0. The maximum absolute atomic E-state index is 5.52. The Morgan fingerprint density at radius 1 is 0.150 bits per heavy atom. The first-order valence-electron chi connectivity index (χ1n) is 45.5. The zero-order valence-electron chi connectivity index (χ0n) is 71.5. The Hall–Kier alpha value is -17.9. The van der Waals surface area contributed by atoms with Crippen LogP contribution in [0.4, 0.5) is 0 Å². The summed E-state index contributed by atoms with van der Waals surface area (Å²) in [4.78, 5) is 32.5. The number of nitrogens with zero attached hydrogens (tertiary/aromatic N) is 9. The summed E-state index contributed by atoms with van der Waals surface area (Å²) in [5.74, 6) is 2.21. The second kappa shape index (κ2) is 28.3. The van der Waals surface area contributed by atoms with Gasteiger partial charge in [0.1, 0.15) is 5.69 Å². The molecule has 0 atom stereocenters. The molecule has 0 amide bonds. The van der Waals surface area contributed by atoms with Crippen LogP contribution in [0.15, 0.2) is 431 Å². The lowest BCUT2D eigenvalue weighted by molar-refractivity contribution is 1.01. The van der Waals surface area contributed by atoms with Gasteiger partial charge in [0.15, 0.2) is 5.82 Å². The number of hydrogen-bond donors (Lipinski definition) is 0. The molecule has 0 fully saturated rings. The second-order valence-corrected chi connectivity index (χ2v) is 35.2. The summed E-state index contributed by atoms with van der Waals surface area (Å²) in [6.45, 7) is 0. The van der Waals surface area contributed by atoms with Gasteiger partial charge in [0, 0.05) is 75.9 Å². The maximum Gasteiger partial charge on any atom is 0.235 e. The van der Waals surface area contributed by atoms with Crippen LogP contribution in [0, 0.1) is 0 Å². The highest BCUT2D eigenvalue weighted by molar-refractivity contribution is 6.39. The molecule has 0 aliphatic heterocycles. The Bertz CT molecular complexity index is 9980. The minimum absolute atomic E-state index is 0.680. The molecule has 0 spiro atoms. The summed E-state index contributed by atoms with van der Waals surface area (Å²) in [6, 6.07) is 154. The van der Waals surface area contributed by atoms with Gasteiger partial charge in [-0.1, -0.05) is 382 Å². The van der Waals surface area contributed by atoms with Gasteiger partial charge < -0.3 is 0 Å². The fourth-order valence-electron chi connectivity index (χ4n) is 22.8. The summed E-state index contributed by atoms with van der Waals surface area (Å²) in [7, 11) is 0. The van der Waals surface area contributed by atoms with Crippen LogP contribution in [-0.4, -0.2) is 43.6 Å². The van der Waals surface area contributed by atoms with Crippen molar-refractivity contribution in [1.29, 1.82) is 0 Å². The highest BCUT2D eigenvalue weighted by Crippen LogP contribution is 2.56. The van der Waals surface area contributed by atoms with Crippen molar-refractivity contribution in [3.05, 3.63) is 431 Å². The minimum atomic E-state index is 0.680. The molecule has 133 heavy (non-hydrogen) atoms. The highest BCUT2D eigenvalue weighted by atomic mass is 15.2. The molecule has 9 heteroatoms. The van der Waals surface area contributed by atoms with Crippen molar-refractivity contribution < 1.29 is 0 Å². The molecule has 28 aromatic rings. The van der Waals surface area contributed by atoms with Crippen LogP contribution in [0.2, 0.25) is 0 Å². The molecule has 6 heterocycles. The molecule has 0 radical (unpaired) electrons. The van der Waals surface area contributed by atoms with Crippen LogP contribution < -0.4 is 0 Å². The van der Waals surface area contributed by atoms with E-state index in [1.807, 2.05) is 0 Å². The second-order valence-electron chi connectivity index (χ2n) is 35.2. The van der Waals surface area contributed by atoms with E-state index in [9.17, 15) is 0 Å². The molecule has 0 saturated heterocycles. The van der Waals surface area contributed by atoms with Crippen molar-refractivity contribution in [2.45, 2.75) is 0 Å². The number of fused-ring (bicyclic) bond motifs is 21. The molecule has 0 N–H and O–H groups in total. The van der Waals surface area contributed by atoms with Crippen molar-refractivity contribution in [2.24, 2.45) is 0 Å². The van der Waals surface area contributed by atoms with Gasteiger partial charge in [0.2, 0.25) is 11.9 Å². The van der Waals surface area contributed by atoms with Crippen LogP contribution in [0.25, 0.3) is 292 Å². The summed E-state index contributed by atoms with van der Waals surface area (Å²) >= 11 is 0. The zero-order chi connectivity index (χ0) is 86.8. The molecule has 0 saturated carbocycles. The largest absolute Gasteiger partial charge is 0.292 e.